The lowest BCUT2D eigenvalue weighted by Gasteiger charge is -2.12. The SMILES string of the molecule is CCNC(=NCC(C)CO)NCCCc1cc2c(OC)cc(OC)cc2[nH]1. The number of rotatable bonds is 10. The van der Waals surface area contributed by atoms with Crippen LogP contribution >= 0.6 is 0 Å². The Morgan fingerprint density at radius 3 is 2.70 bits per heavy atom. The number of aliphatic imine (C=N–C) groups is 1. The van der Waals surface area contributed by atoms with Crippen LogP contribution in [0.5, 0.6) is 11.5 Å². The molecule has 1 aromatic carbocycles. The van der Waals surface area contributed by atoms with Crippen LogP contribution in [-0.4, -0.2) is 56.5 Å². The van der Waals surface area contributed by atoms with Gasteiger partial charge in [0.15, 0.2) is 5.96 Å². The van der Waals surface area contributed by atoms with Crippen molar-refractivity contribution >= 4 is 16.9 Å². The van der Waals surface area contributed by atoms with Crippen LogP contribution in [0.3, 0.4) is 0 Å². The van der Waals surface area contributed by atoms with E-state index in [9.17, 15) is 0 Å². The van der Waals surface area contributed by atoms with E-state index >= 15 is 0 Å². The summed E-state index contributed by atoms with van der Waals surface area (Å²) in [5.74, 6) is 2.54. The Kier molecular flexibility index (Phi) is 8.26. The molecular weight excluding hydrogens is 344 g/mol. The zero-order chi connectivity index (χ0) is 19.6. The van der Waals surface area contributed by atoms with Crippen molar-refractivity contribution in [3.05, 3.63) is 23.9 Å². The molecule has 1 atom stereocenters. The Bertz CT molecular complexity index is 742. The van der Waals surface area contributed by atoms with Gasteiger partial charge in [-0.25, -0.2) is 0 Å². The second-order valence-electron chi connectivity index (χ2n) is 6.62. The number of hydrogen-bond donors (Lipinski definition) is 4. The molecule has 0 spiro atoms. The van der Waals surface area contributed by atoms with Crippen LogP contribution in [0.15, 0.2) is 23.2 Å². The summed E-state index contributed by atoms with van der Waals surface area (Å²) in [6, 6.07) is 6.02. The van der Waals surface area contributed by atoms with E-state index in [-0.39, 0.29) is 12.5 Å². The van der Waals surface area contributed by atoms with Gasteiger partial charge in [-0.15, -0.1) is 0 Å². The predicted octanol–water partition coefficient (Wildman–Crippen LogP) is 2.30. The molecule has 7 nitrogen and oxygen atoms in total. The first kappa shape index (κ1) is 20.9. The lowest BCUT2D eigenvalue weighted by atomic mass is 10.2. The predicted molar refractivity (Wildman–Crippen MR) is 110 cm³/mol. The van der Waals surface area contributed by atoms with Crippen molar-refractivity contribution in [1.82, 2.24) is 15.6 Å². The number of aromatic amines is 1. The summed E-state index contributed by atoms with van der Waals surface area (Å²) in [6.45, 7) is 6.40. The molecule has 0 saturated heterocycles. The number of benzene rings is 1. The first-order valence-corrected chi connectivity index (χ1v) is 9.47. The molecule has 4 N–H and O–H groups in total. The average Bonchev–Trinajstić information content (AvgIpc) is 3.10. The molecule has 0 amide bonds. The first-order valence-electron chi connectivity index (χ1n) is 9.47. The van der Waals surface area contributed by atoms with Gasteiger partial charge in [0, 0.05) is 49.5 Å². The Morgan fingerprint density at radius 2 is 2.04 bits per heavy atom. The van der Waals surface area contributed by atoms with E-state index in [4.69, 9.17) is 14.6 Å². The van der Waals surface area contributed by atoms with Gasteiger partial charge in [-0.2, -0.15) is 0 Å². The molecule has 1 aromatic heterocycles. The summed E-state index contributed by atoms with van der Waals surface area (Å²) in [4.78, 5) is 7.95. The van der Waals surface area contributed by atoms with Crippen molar-refractivity contribution in [2.75, 3.05) is 40.5 Å². The van der Waals surface area contributed by atoms with Crippen molar-refractivity contribution < 1.29 is 14.6 Å². The fraction of sp³-hybridized carbons (Fsp3) is 0.550. The third-order valence-electron chi connectivity index (χ3n) is 4.32. The number of fused-ring (bicyclic) bond motifs is 1. The fourth-order valence-corrected chi connectivity index (χ4v) is 2.79. The zero-order valence-electron chi connectivity index (χ0n) is 16.8. The standard InChI is InChI=1S/C20H32N4O3/c1-5-21-20(23-12-14(2)13-25)22-8-6-7-15-9-17-18(24-15)10-16(26-3)11-19(17)27-4/h9-11,14,24-25H,5-8,12-13H2,1-4H3,(H2,21,22,23). The van der Waals surface area contributed by atoms with Crippen molar-refractivity contribution in [2.45, 2.75) is 26.7 Å². The highest BCUT2D eigenvalue weighted by atomic mass is 16.5. The first-order chi connectivity index (χ1) is 13.1. The second kappa shape index (κ2) is 10.7. The number of aromatic nitrogens is 1. The van der Waals surface area contributed by atoms with E-state index < -0.39 is 0 Å². The topological polar surface area (TPSA) is 90.9 Å². The maximum Gasteiger partial charge on any atom is 0.191 e. The highest BCUT2D eigenvalue weighted by Gasteiger charge is 2.09. The van der Waals surface area contributed by atoms with Gasteiger partial charge < -0.3 is 30.2 Å². The maximum atomic E-state index is 9.12. The molecule has 2 rings (SSSR count). The summed E-state index contributed by atoms with van der Waals surface area (Å²) < 4.78 is 10.8. The van der Waals surface area contributed by atoms with Gasteiger partial charge in [0.1, 0.15) is 11.5 Å². The third-order valence-corrected chi connectivity index (χ3v) is 4.32. The minimum absolute atomic E-state index is 0.150. The molecule has 1 unspecified atom stereocenters. The van der Waals surface area contributed by atoms with Crippen LogP contribution in [0.2, 0.25) is 0 Å². The van der Waals surface area contributed by atoms with Crippen LogP contribution in [0.1, 0.15) is 26.0 Å². The number of nitrogens with one attached hydrogen (secondary N) is 3. The molecule has 1 heterocycles. The zero-order valence-corrected chi connectivity index (χ0v) is 16.8. The summed E-state index contributed by atoms with van der Waals surface area (Å²) in [5, 5.41) is 16.8. The van der Waals surface area contributed by atoms with Gasteiger partial charge in [-0.3, -0.25) is 4.99 Å². The van der Waals surface area contributed by atoms with Crippen LogP contribution in [0.25, 0.3) is 10.9 Å². The second-order valence-corrected chi connectivity index (χ2v) is 6.62. The number of guanidine groups is 1. The molecule has 0 aliphatic rings. The molecule has 7 heteroatoms. The molecule has 0 aliphatic carbocycles. The summed E-state index contributed by atoms with van der Waals surface area (Å²) in [5.41, 5.74) is 2.18. The van der Waals surface area contributed by atoms with Gasteiger partial charge in [0.2, 0.25) is 0 Å². The van der Waals surface area contributed by atoms with Crippen molar-refractivity contribution in [3.8, 4) is 11.5 Å². The number of aryl methyl sites for hydroxylation is 1. The number of H-pyrrole nitrogens is 1. The molecule has 0 saturated carbocycles. The number of nitrogens with zero attached hydrogens (tertiary/aromatic N) is 1. The summed E-state index contributed by atoms with van der Waals surface area (Å²) in [6.07, 6.45) is 1.88. The van der Waals surface area contributed by atoms with E-state index in [1.807, 2.05) is 26.0 Å². The van der Waals surface area contributed by atoms with E-state index in [1.54, 1.807) is 14.2 Å². The van der Waals surface area contributed by atoms with Gasteiger partial charge in [0.05, 0.1) is 19.7 Å². The number of aliphatic hydroxyl groups is 1. The Labute approximate surface area is 161 Å². The average molecular weight is 377 g/mol. The number of methoxy groups -OCH3 is 2. The van der Waals surface area contributed by atoms with Crippen molar-refractivity contribution in [3.63, 3.8) is 0 Å². The smallest absolute Gasteiger partial charge is 0.191 e. The monoisotopic (exact) mass is 376 g/mol. The Balaban J connectivity index is 1.92. The van der Waals surface area contributed by atoms with Gasteiger partial charge in [-0.05, 0) is 31.7 Å². The summed E-state index contributed by atoms with van der Waals surface area (Å²) >= 11 is 0. The normalized spacial score (nSPS) is 12.9. The molecule has 150 valence electrons. The lowest BCUT2D eigenvalue weighted by Crippen LogP contribution is -2.38. The molecule has 0 bridgehead atoms. The van der Waals surface area contributed by atoms with Crippen LogP contribution in [0.4, 0.5) is 0 Å². The molecule has 0 aliphatic heterocycles. The van der Waals surface area contributed by atoms with Gasteiger partial charge in [-0.1, -0.05) is 6.92 Å². The van der Waals surface area contributed by atoms with Crippen molar-refractivity contribution in [2.24, 2.45) is 10.9 Å². The largest absolute Gasteiger partial charge is 0.497 e. The van der Waals surface area contributed by atoms with E-state index in [0.717, 1.165) is 60.0 Å². The fourth-order valence-electron chi connectivity index (χ4n) is 2.79. The third kappa shape index (κ3) is 6.06. The summed E-state index contributed by atoms with van der Waals surface area (Å²) in [7, 11) is 3.32. The van der Waals surface area contributed by atoms with E-state index in [2.05, 4.69) is 26.7 Å². The minimum atomic E-state index is 0.150. The van der Waals surface area contributed by atoms with Crippen molar-refractivity contribution in [1.29, 1.82) is 0 Å². The van der Waals surface area contributed by atoms with Crippen LogP contribution < -0.4 is 20.1 Å². The van der Waals surface area contributed by atoms with Crippen LogP contribution in [0, 0.1) is 5.92 Å². The maximum absolute atomic E-state index is 9.12. The van der Waals surface area contributed by atoms with Gasteiger partial charge in [0.25, 0.3) is 0 Å². The van der Waals surface area contributed by atoms with E-state index in [1.165, 1.54) is 0 Å². The molecular formula is C20H32N4O3. The van der Waals surface area contributed by atoms with Crippen LogP contribution in [-0.2, 0) is 6.42 Å². The highest BCUT2D eigenvalue weighted by Crippen LogP contribution is 2.31. The van der Waals surface area contributed by atoms with E-state index in [0.29, 0.717) is 6.54 Å². The Hall–Kier alpha value is -2.41. The Morgan fingerprint density at radius 1 is 1.22 bits per heavy atom. The lowest BCUT2D eigenvalue weighted by molar-refractivity contribution is 0.241. The molecule has 27 heavy (non-hydrogen) atoms. The quantitative estimate of drug-likeness (QED) is 0.290. The minimum Gasteiger partial charge on any atom is -0.497 e. The molecule has 0 radical (unpaired) electrons. The number of ether oxygens (including phenoxy) is 2. The molecule has 0 fully saturated rings. The molecule has 2 aromatic rings. The number of aliphatic hydroxyl groups excluding tert-OH is 1. The van der Waals surface area contributed by atoms with Gasteiger partial charge >= 0.3 is 0 Å². The number of hydrogen-bond acceptors (Lipinski definition) is 4. The highest BCUT2D eigenvalue weighted by molar-refractivity contribution is 5.88.